The van der Waals surface area contributed by atoms with Crippen LogP contribution in [0.3, 0.4) is 0 Å². The highest BCUT2D eigenvalue weighted by atomic mass is 32.2. The molecule has 21 heavy (non-hydrogen) atoms. The zero-order valence-corrected chi connectivity index (χ0v) is 13.1. The molecule has 112 valence electrons. The summed E-state index contributed by atoms with van der Waals surface area (Å²) in [5.74, 6) is -0.0919. The predicted octanol–water partition coefficient (Wildman–Crippen LogP) is 2.73. The van der Waals surface area contributed by atoms with Crippen molar-refractivity contribution in [3.05, 3.63) is 24.3 Å². The van der Waals surface area contributed by atoms with Gasteiger partial charge in [0.05, 0.1) is 10.6 Å². The van der Waals surface area contributed by atoms with Crippen molar-refractivity contribution in [1.82, 2.24) is 0 Å². The van der Waals surface area contributed by atoms with Gasteiger partial charge in [0.1, 0.15) is 11.4 Å². The molecule has 0 aliphatic rings. The third-order valence-corrected chi connectivity index (χ3v) is 4.24. The number of phenolic OH excluding ortho intramolecular Hbond substituents is 1. The fraction of sp³-hybridized carbons (Fsp3) is 0.286. The van der Waals surface area contributed by atoms with E-state index in [1.165, 1.54) is 12.1 Å². The van der Waals surface area contributed by atoms with E-state index in [-0.39, 0.29) is 10.6 Å². The van der Waals surface area contributed by atoms with E-state index in [1.807, 2.05) is 25.1 Å². The predicted molar refractivity (Wildman–Crippen MR) is 83.5 cm³/mol. The number of azo groups is 1. The molecule has 0 amide bonds. The molecule has 2 aromatic rings. The summed E-state index contributed by atoms with van der Waals surface area (Å²) in [5, 5.41) is 19.1. The molecule has 0 saturated carbocycles. The number of sulfone groups is 1. The molecule has 0 spiro atoms. The van der Waals surface area contributed by atoms with Gasteiger partial charge in [-0.2, -0.15) is 10.2 Å². The maximum atomic E-state index is 11.7. The molecule has 0 saturated heterocycles. The molecule has 0 aromatic heterocycles. The highest BCUT2D eigenvalue weighted by Gasteiger charge is 2.16. The van der Waals surface area contributed by atoms with Crippen molar-refractivity contribution in [2.24, 2.45) is 10.2 Å². The van der Waals surface area contributed by atoms with Gasteiger partial charge < -0.3 is 10.0 Å². The number of rotatable bonds is 3. The van der Waals surface area contributed by atoms with Gasteiger partial charge in [-0.1, -0.05) is 0 Å². The van der Waals surface area contributed by atoms with Crippen molar-refractivity contribution in [3.63, 3.8) is 0 Å². The molecule has 0 fully saturated rings. The monoisotopic (exact) mass is 307 g/mol. The largest absolute Gasteiger partial charge is 0.507 e. The van der Waals surface area contributed by atoms with Crippen LogP contribution < -0.4 is 4.90 Å². The second-order valence-electron chi connectivity index (χ2n) is 4.94. The number of fused-ring (bicyclic) bond motifs is 1. The van der Waals surface area contributed by atoms with E-state index in [9.17, 15) is 13.5 Å². The third kappa shape index (κ3) is 2.82. The molecule has 6 nitrogen and oxygen atoms in total. The fourth-order valence-electron chi connectivity index (χ4n) is 2.14. The van der Waals surface area contributed by atoms with E-state index >= 15 is 0 Å². The molecule has 2 aromatic carbocycles. The highest BCUT2D eigenvalue weighted by Crippen LogP contribution is 2.40. The van der Waals surface area contributed by atoms with Gasteiger partial charge in [-0.25, -0.2) is 8.42 Å². The minimum absolute atomic E-state index is 0.0518. The van der Waals surface area contributed by atoms with Gasteiger partial charge in [-0.15, -0.1) is 0 Å². The summed E-state index contributed by atoms with van der Waals surface area (Å²) in [6.45, 7) is 0. The topological polar surface area (TPSA) is 82.3 Å². The smallest absolute Gasteiger partial charge is 0.175 e. The standard InChI is InChI=1S/C14H17N3O3S/c1-15-16-14-11-7-9(21(4,19)20)8-13(18)10(11)5-6-12(14)17(2)3/h5-8,18H,1-4H3. The van der Waals surface area contributed by atoms with Crippen LogP contribution in [0.25, 0.3) is 10.8 Å². The Morgan fingerprint density at radius 3 is 2.33 bits per heavy atom. The van der Waals surface area contributed by atoms with E-state index in [1.54, 1.807) is 13.1 Å². The Morgan fingerprint density at radius 1 is 1.14 bits per heavy atom. The van der Waals surface area contributed by atoms with Gasteiger partial charge in [-0.3, -0.25) is 0 Å². The van der Waals surface area contributed by atoms with Crippen LogP contribution in [0.4, 0.5) is 11.4 Å². The Balaban J connectivity index is 2.96. The second kappa shape index (κ2) is 5.33. The van der Waals surface area contributed by atoms with Gasteiger partial charge in [0, 0.05) is 38.2 Å². The number of hydrogen-bond donors (Lipinski definition) is 1. The molecule has 0 aliphatic heterocycles. The zero-order chi connectivity index (χ0) is 15.8. The third-order valence-electron chi connectivity index (χ3n) is 3.15. The Morgan fingerprint density at radius 2 is 1.81 bits per heavy atom. The number of aromatic hydroxyl groups is 1. The first kappa shape index (κ1) is 15.2. The minimum Gasteiger partial charge on any atom is -0.507 e. The Hall–Kier alpha value is -2.15. The van der Waals surface area contributed by atoms with Crippen LogP contribution in [0, 0.1) is 0 Å². The summed E-state index contributed by atoms with van der Waals surface area (Å²) in [6.07, 6.45) is 1.10. The molecule has 2 rings (SSSR count). The van der Waals surface area contributed by atoms with Crippen LogP contribution in [-0.4, -0.2) is 40.9 Å². The quantitative estimate of drug-likeness (QED) is 0.884. The van der Waals surface area contributed by atoms with Crippen molar-refractivity contribution in [2.45, 2.75) is 4.90 Å². The molecule has 0 aliphatic carbocycles. The lowest BCUT2D eigenvalue weighted by Crippen LogP contribution is -2.08. The van der Waals surface area contributed by atoms with E-state index in [0.717, 1.165) is 11.9 Å². The maximum absolute atomic E-state index is 11.7. The molecular weight excluding hydrogens is 290 g/mol. The molecular formula is C14H17N3O3S. The van der Waals surface area contributed by atoms with E-state index in [2.05, 4.69) is 10.2 Å². The lowest BCUT2D eigenvalue weighted by Gasteiger charge is -2.17. The number of phenols is 1. The first-order valence-electron chi connectivity index (χ1n) is 6.22. The van der Waals surface area contributed by atoms with Crippen molar-refractivity contribution in [1.29, 1.82) is 0 Å². The lowest BCUT2D eigenvalue weighted by atomic mass is 10.1. The van der Waals surface area contributed by atoms with Crippen molar-refractivity contribution in [2.75, 3.05) is 32.3 Å². The van der Waals surface area contributed by atoms with Crippen molar-refractivity contribution >= 4 is 32.0 Å². The number of hydrogen-bond acceptors (Lipinski definition) is 6. The van der Waals surface area contributed by atoms with Crippen LogP contribution in [0.5, 0.6) is 5.75 Å². The first-order valence-corrected chi connectivity index (χ1v) is 8.11. The van der Waals surface area contributed by atoms with Gasteiger partial charge in [-0.05, 0) is 24.3 Å². The zero-order valence-electron chi connectivity index (χ0n) is 12.3. The van der Waals surface area contributed by atoms with Gasteiger partial charge in [0.25, 0.3) is 0 Å². The number of benzene rings is 2. The van der Waals surface area contributed by atoms with Gasteiger partial charge in [0.15, 0.2) is 9.84 Å². The molecule has 0 atom stereocenters. The van der Waals surface area contributed by atoms with Crippen molar-refractivity contribution in [3.8, 4) is 5.75 Å². The van der Waals surface area contributed by atoms with Crippen LogP contribution >= 0.6 is 0 Å². The summed E-state index contributed by atoms with van der Waals surface area (Å²) in [6, 6.07) is 6.31. The minimum atomic E-state index is -3.43. The molecule has 0 bridgehead atoms. The van der Waals surface area contributed by atoms with E-state index in [4.69, 9.17) is 0 Å². The summed E-state index contributed by atoms with van der Waals surface area (Å²) in [7, 11) is 1.83. The summed E-state index contributed by atoms with van der Waals surface area (Å²) in [4.78, 5) is 1.91. The van der Waals surface area contributed by atoms with Crippen LogP contribution in [0.2, 0.25) is 0 Å². The second-order valence-corrected chi connectivity index (χ2v) is 6.95. The normalized spacial score (nSPS) is 12.2. The number of anilines is 1. The highest BCUT2D eigenvalue weighted by molar-refractivity contribution is 7.90. The van der Waals surface area contributed by atoms with Crippen LogP contribution in [-0.2, 0) is 9.84 Å². The Labute approximate surface area is 123 Å². The van der Waals surface area contributed by atoms with Crippen molar-refractivity contribution < 1.29 is 13.5 Å². The SMILES string of the molecule is CN=Nc1c(N(C)C)ccc2c(O)cc(S(C)(=O)=O)cc12. The number of nitrogens with zero attached hydrogens (tertiary/aromatic N) is 3. The Bertz CT molecular complexity index is 827. The first-order chi connectivity index (χ1) is 9.75. The molecule has 0 unspecified atom stereocenters. The average molecular weight is 307 g/mol. The summed E-state index contributed by atoms with van der Waals surface area (Å²) < 4.78 is 23.5. The molecule has 0 radical (unpaired) electrons. The van der Waals surface area contributed by atoms with Crippen LogP contribution in [0.1, 0.15) is 0 Å². The maximum Gasteiger partial charge on any atom is 0.175 e. The Kier molecular flexibility index (Phi) is 3.87. The molecule has 1 N–H and O–H groups in total. The van der Waals surface area contributed by atoms with Gasteiger partial charge >= 0.3 is 0 Å². The van der Waals surface area contributed by atoms with E-state index in [0.29, 0.717) is 16.5 Å². The lowest BCUT2D eigenvalue weighted by molar-refractivity contribution is 0.479. The molecule has 7 heteroatoms. The van der Waals surface area contributed by atoms with E-state index < -0.39 is 9.84 Å². The molecule has 0 heterocycles. The average Bonchev–Trinajstić information content (AvgIpc) is 2.38. The van der Waals surface area contributed by atoms with Crippen LogP contribution in [0.15, 0.2) is 39.4 Å². The fourth-order valence-corrected chi connectivity index (χ4v) is 2.80. The summed E-state index contributed by atoms with van der Waals surface area (Å²) >= 11 is 0. The summed E-state index contributed by atoms with van der Waals surface area (Å²) in [5.41, 5.74) is 1.32. The van der Waals surface area contributed by atoms with Gasteiger partial charge in [0.2, 0.25) is 0 Å².